The van der Waals surface area contributed by atoms with Gasteiger partial charge < -0.3 is 5.32 Å². The van der Waals surface area contributed by atoms with E-state index < -0.39 is 10.0 Å². The van der Waals surface area contributed by atoms with Crippen LogP contribution in [0.25, 0.3) is 0 Å². The number of hydrogen-bond donors (Lipinski definition) is 2. The monoisotopic (exact) mass is 556 g/mol. The van der Waals surface area contributed by atoms with Crippen molar-refractivity contribution in [1.29, 1.82) is 0 Å². The lowest BCUT2D eigenvalue weighted by Crippen LogP contribution is -2.26. The van der Waals surface area contributed by atoms with Gasteiger partial charge in [-0.25, -0.2) is 8.42 Å². The molecule has 0 aliphatic rings. The highest BCUT2D eigenvalue weighted by atomic mass is 35.5. The third-order valence-electron chi connectivity index (χ3n) is 5.05. The van der Waals surface area contributed by atoms with Crippen molar-refractivity contribution in [2.75, 3.05) is 17.0 Å². The summed E-state index contributed by atoms with van der Waals surface area (Å²) < 4.78 is 28.4. The van der Waals surface area contributed by atoms with Gasteiger partial charge in [0.05, 0.1) is 5.02 Å². The summed E-state index contributed by atoms with van der Waals surface area (Å²) >= 11 is 19.8. The van der Waals surface area contributed by atoms with E-state index in [9.17, 15) is 13.2 Å². The summed E-state index contributed by atoms with van der Waals surface area (Å²) in [6.45, 7) is 4.24. The van der Waals surface area contributed by atoms with Crippen molar-refractivity contribution < 1.29 is 13.2 Å². The van der Waals surface area contributed by atoms with Gasteiger partial charge in [-0.1, -0.05) is 46.9 Å². The molecule has 0 saturated heterocycles. The van der Waals surface area contributed by atoms with Gasteiger partial charge in [-0.15, -0.1) is 0 Å². The SMILES string of the molecule is Cc1ccc(NS(=O)(=O)c2cc(C(=O)NCCSCc3ccc(Cl)cc3Cl)ccc2Cl)cc1C. The van der Waals surface area contributed by atoms with Crippen LogP contribution in [0.4, 0.5) is 5.69 Å². The first-order valence-corrected chi connectivity index (χ1v) is 14.0. The molecule has 0 aliphatic heterocycles. The molecule has 0 heterocycles. The number of rotatable bonds is 9. The largest absolute Gasteiger partial charge is 0.351 e. The number of benzene rings is 3. The molecular formula is C24H23Cl3N2O3S2. The lowest BCUT2D eigenvalue weighted by Gasteiger charge is -2.12. The van der Waals surface area contributed by atoms with E-state index in [4.69, 9.17) is 34.8 Å². The van der Waals surface area contributed by atoms with Crippen molar-refractivity contribution in [1.82, 2.24) is 5.32 Å². The van der Waals surface area contributed by atoms with E-state index >= 15 is 0 Å². The van der Waals surface area contributed by atoms with Crippen LogP contribution in [0.5, 0.6) is 0 Å². The average Bonchev–Trinajstić information content (AvgIpc) is 2.77. The number of thioether (sulfide) groups is 1. The normalized spacial score (nSPS) is 11.3. The first kappa shape index (κ1) is 26.7. The second kappa shape index (κ2) is 11.7. The maximum absolute atomic E-state index is 12.9. The Morgan fingerprint density at radius 3 is 2.38 bits per heavy atom. The third-order valence-corrected chi connectivity index (χ3v) is 8.50. The van der Waals surface area contributed by atoms with Crippen LogP contribution in [0.15, 0.2) is 59.5 Å². The quantitative estimate of drug-likeness (QED) is 0.286. The van der Waals surface area contributed by atoms with Crippen LogP contribution < -0.4 is 10.0 Å². The van der Waals surface area contributed by atoms with Crippen LogP contribution in [-0.2, 0) is 15.8 Å². The van der Waals surface area contributed by atoms with Crippen LogP contribution in [0.3, 0.4) is 0 Å². The number of anilines is 1. The van der Waals surface area contributed by atoms with Gasteiger partial charge in [-0.2, -0.15) is 11.8 Å². The fourth-order valence-corrected chi connectivity index (χ4v) is 6.02. The van der Waals surface area contributed by atoms with Gasteiger partial charge in [-0.05, 0) is 73.0 Å². The van der Waals surface area contributed by atoms with Crippen molar-refractivity contribution in [3.05, 3.63) is 91.9 Å². The number of hydrogen-bond acceptors (Lipinski definition) is 4. The first-order valence-electron chi connectivity index (χ1n) is 10.3. The molecule has 0 radical (unpaired) electrons. The number of amides is 1. The van der Waals surface area contributed by atoms with Crippen LogP contribution in [-0.4, -0.2) is 26.6 Å². The predicted molar refractivity (Wildman–Crippen MR) is 143 cm³/mol. The van der Waals surface area contributed by atoms with Gasteiger partial charge in [0.2, 0.25) is 0 Å². The molecule has 2 N–H and O–H groups in total. The van der Waals surface area contributed by atoms with Crippen molar-refractivity contribution >= 4 is 68.2 Å². The standard InChI is InChI=1S/C24H23Cl3N2O3S2/c1-15-3-7-20(11-16(15)2)29-34(31,32)23-12-17(5-8-21(23)26)24(30)28-9-10-33-14-18-4-6-19(25)13-22(18)27/h3-8,11-13,29H,9-10,14H2,1-2H3,(H,28,30). The first-order chi connectivity index (χ1) is 16.1. The summed E-state index contributed by atoms with van der Waals surface area (Å²) in [5.74, 6) is 0.946. The molecule has 0 saturated carbocycles. The molecule has 1 amide bonds. The minimum Gasteiger partial charge on any atom is -0.351 e. The topological polar surface area (TPSA) is 75.3 Å². The summed E-state index contributed by atoms with van der Waals surface area (Å²) in [6.07, 6.45) is 0. The van der Waals surface area contributed by atoms with E-state index in [-0.39, 0.29) is 21.4 Å². The highest BCUT2D eigenvalue weighted by molar-refractivity contribution is 7.98. The molecule has 3 rings (SSSR count). The number of carbonyl (C=O) groups is 1. The highest BCUT2D eigenvalue weighted by Crippen LogP contribution is 2.27. The molecule has 0 aromatic heterocycles. The summed E-state index contributed by atoms with van der Waals surface area (Å²) in [5, 5.41) is 4.02. The predicted octanol–water partition coefficient (Wildman–Crippen LogP) is 6.73. The van der Waals surface area contributed by atoms with Crippen molar-refractivity contribution in [2.24, 2.45) is 0 Å². The molecule has 3 aromatic carbocycles. The van der Waals surface area contributed by atoms with E-state index in [1.807, 2.05) is 26.0 Å². The molecule has 0 spiro atoms. The summed E-state index contributed by atoms with van der Waals surface area (Å²) in [5.41, 5.74) is 3.60. The lowest BCUT2D eigenvalue weighted by atomic mass is 10.1. The van der Waals surface area contributed by atoms with Crippen molar-refractivity contribution in [2.45, 2.75) is 24.5 Å². The lowest BCUT2D eigenvalue weighted by molar-refractivity contribution is 0.0956. The summed E-state index contributed by atoms with van der Waals surface area (Å²) in [7, 11) is -3.98. The molecule has 0 bridgehead atoms. The van der Waals surface area contributed by atoms with Gasteiger partial charge in [0.1, 0.15) is 4.90 Å². The second-order valence-corrected chi connectivity index (χ2v) is 11.6. The number of carbonyl (C=O) groups excluding carboxylic acids is 1. The zero-order valence-corrected chi connectivity index (χ0v) is 22.4. The number of sulfonamides is 1. The van der Waals surface area contributed by atoms with Crippen LogP contribution >= 0.6 is 46.6 Å². The molecule has 180 valence electrons. The minimum atomic E-state index is -3.98. The Morgan fingerprint density at radius 2 is 1.68 bits per heavy atom. The number of nitrogens with one attached hydrogen (secondary N) is 2. The van der Waals surface area contributed by atoms with Crippen molar-refractivity contribution in [3.63, 3.8) is 0 Å². The summed E-state index contributed by atoms with van der Waals surface area (Å²) in [6, 6.07) is 14.8. The van der Waals surface area contributed by atoms with Crippen molar-refractivity contribution in [3.8, 4) is 0 Å². The van der Waals surface area contributed by atoms with Crippen LogP contribution in [0.1, 0.15) is 27.0 Å². The third kappa shape index (κ3) is 7.06. The fourth-order valence-electron chi connectivity index (χ4n) is 3.03. The molecule has 5 nitrogen and oxygen atoms in total. The molecule has 3 aromatic rings. The van der Waals surface area contributed by atoms with Gasteiger partial charge in [0, 0.05) is 39.3 Å². The highest BCUT2D eigenvalue weighted by Gasteiger charge is 2.20. The zero-order valence-electron chi connectivity index (χ0n) is 18.5. The van der Waals surface area contributed by atoms with Crippen LogP contribution in [0, 0.1) is 13.8 Å². The molecule has 0 atom stereocenters. The molecule has 0 fully saturated rings. The minimum absolute atomic E-state index is 0.0308. The van der Waals surface area contributed by atoms with Gasteiger partial charge in [0.25, 0.3) is 15.9 Å². The Balaban J connectivity index is 1.60. The Morgan fingerprint density at radius 1 is 0.912 bits per heavy atom. The van der Waals surface area contributed by atoms with E-state index in [2.05, 4.69) is 10.0 Å². The van der Waals surface area contributed by atoms with Crippen LogP contribution in [0.2, 0.25) is 15.1 Å². The maximum atomic E-state index is 12.9. The molecule has 10 heteroatoms. The number of aryl methyl sites for hydroxylation is 2. The molecule has 0 unspecified atom stereocenters. The van der Waals surface area contributed by atoms with Gasteiger partial charge in [0.15, 0.2) is 0 Å². The zero-order chi connectivity index (χ0) is 24.9. The Labute approximate surface area is 219 Å². The van der Waals surface area contributed by atoms with E-state index in [0.717, 1.165) is 16.7 Å². The van der Waals surface area contributed by atoms with Gasteiger partial charge in [-0.3, -0.25) is 9.52 Å². The Hall–Kier alpha value is -1.90. The second-order valence-electron chi connectivity index (χ2n) is 7.59. The summed E-state index contributed by atoms with van der Waals surface area (Å²) in [4.78, 5) is 12.4. The Kier molecular flexibility index (Phi) is 9.18. The maximum Gasteiger partial charge on any atom is 0.263 e. The van der Waals surface area contributed by atoms with Gasteiger partial charge >= 0.3 is 0 Å². The number of halogens is 3. The smallest absolute Gasteiger partial charge is 0.263 e. The fraction of sp³-hybridized carbons (Fsp3) is 0.208. The molecular weight excluding hydrogens is 535 g/mol. The molecule has 0 aliphatic carbocycles. The van der Waals surface area contributed by atoms with E-state index in [1.54, 1.807) is 36.0 Å². The average molecular weight is 558 g/mol. The molecule has 34 heavy (non-hydrogen) atoms. The Bertz CT molecular complexity index is 1310. The van der Waals surface area contributed by atoms with E-state index in [0.29, 0.717) is 33.8 Å². The van der Waals surface area contributed by atoms with E-state index in [1.165, 1.54) is 18.2 Å².